The fourth-order valence-electron chi connectivity index (χ4n) is 2.79. The second-order valence-corrected chi connectivity index (χ2v) is 8.75. The molecule has 1 amide bonds. The first-order chi connectivity index (χ1) is 11.8. The Balaban J connectivity index is 1.65. The fraction of sp³-hybridized carbons (Fsp3) is 0.500. The van der Waals surface area contributed by atoms with Crippen LogP contribution in [0.4, 0.5) is 5.82 Å². The number of primary amides is 1. The molecule has 3 N–H and O–H groups in total. The maximum Gasteiger partial charge on any atom is 0.258 e. The molecule has 0 radical (unpaired) electrons. The number of carbonyl (C=O) groups is 1. The highest BCUT2D eigenvalue weighted by Gasteiger charge is 2.21. The van der Waals surface area contributed by atoms with Gasteiger partial charge in [-0.3, -0.25) is 9.69 Å². The zero-order valence-corrected chi connectivity index (χ0v) is 15.4. The SMILES string of the molecule is CS(=O)(=O)NCCN1CCN(c2ncnc3sc(C(N)=O)cc23)CC1. The van der Waals surface area contributed by atoms with Gasteiger partial charge in [0.15, 0.2) is 0 Å². The number of hydrogen-bond donors (Lipinski definition) is 2. The van der Waals surface area contributed by atoms with E-state index in [0.29, 0.717) is 18.0 Å². The van der Waals surface area contributed by atoms with E-state index in [1.807, 2.05) is 0 Å². The van der Waals surface area contributed by atoms with Crippen molar-refractivity contribution in [2.24, 2.45) is 5.73 Å². The smallest absolute Gasteiger partial charge is 0.258 e. The number of rotatable bonds is 6. The van der Waals surface area contributed by atoms with Crippen molar-refractivity contribution < 1.29 is 13.2 Å². The van der Waals surface area contributed by atoms with Crippen molar-refractivity contribution in [1.82, 2.24) is 19.6 Å². The van der Waals surface area contributed by atoms with Crippen molar-refractivity contribution in [2.45, 2.75) is 0 Å². The molecule has 2 aromatic rings. The van der Waals surface area contributed by atoms with Crippen LogP contribution < -0.4 is 15.4 Å². The summed E-state index contributed by atoms with van der Waals surface area (Å²) in [4.78, 5) is 25.6. The highest BCUT2D eigenvalue weighted by Crippen LogP contribution is 2.30. The molecule has 0 unspecified atom stereocenters. The van der Waals surface area contributed by atoms with Crippen molar-refractivity contribution in [3.63, 3.8) is 0 Å². The average molecular weight is 384 g/mol. The number of sulfonamides is 1. The Morgan fingerprint density at radius 2 is 2.04 bits per heavy atom. The highest BCUT2D eigenvalue weighted by molar-refractivity contribution is 7.88. The molecule has 11 heteroatoms. The minimum Gasteiger partial charge on any atom is -0.365 e. The van der Waals surface area contributed by atoms with Crippen LogP contribution in [0.5, 0.6) is 0 Å². The molecular weight excluding hydrogens is 364 g/mol. The van der Waals surface area contributed by atoms with Crippen LogP contribution in [-0.2, 0) is 10.0 Å². The molecule has 3 rings (SSSR count). The van der Waals surface area contributed by atoms with Gasteiger partial charge in [0.25, 0.3) is 5.91 Å². The lowest BCUT2D eigenvalue weighted by atomic mass is 10.2. The molecule has 3 heterocycles. The summed E-state index contributed by atoms with van der Waals surface area (Å²) in [5.74, 6) is 0.347. The quantitative estimate of drug-likeness (QED) is 0.686. The number of nitrogens with one attached hydrogen (secondary N) is 1. The Morgan fingerprint density at radius 1 is 1.32 bits per heavy atom. The van der Waals surface area contributed by atoms with Crippen LogP contribution in [0.25, 0.3) is 10.2 Å². The lowest BCUT2D eigenvalue weighted by molar-refractivity contribution is 0.100. The lowest BCUT2D eigenvalue weighted by Gasteiger charge is -2.35. The standard InChI is InChI=1S/C14H20N6O3S2/c1-25(22,23)18-2-3-19-4-6-20(7-5-19)13-10-8-11(12(15)21)24-14(10)17-9-16-13/h8-9,18H,2-7H2,1H3,(H2,15,21). The minimum absolute atomic E-state index is 0.406. The Morgan fingerprint density at radius 3 is 2.68 bits per heavy atom. The van der Waals surface area contributed by atoms with E-state index in [-0.39, 0.29) is 0 Å². The highest BCUT2D eigenvalue weighted by atomic mass is 32.2. The van der Waals surface area contributed by atoms with Gasteiger partial charge in [0.05, 0.1) is 16.5 Å². The molecule has 0 aliphatic carbocycles. The van der Waals surface area contributed by atoms with E-state index in [1.54, 1.807) is 6.07 Å². The summed E-state index contributed by atoms with van der Waals surface area (Å²) in [5, 5.41) is 0.841. The van der Waals surface area contributed by atoms with Crippen LogP contribution in [0.3, 0.4) is 0 Å². The molecule has 25 heavy (non-hydrogen) atoms. The van der Waals surface area contributed by atoms with Crippen molar-refractivity contribution in [3.05, 3.63) is 17.3 Å². The first-order valence-electron chi connectivity index (χ1n) is 7.80. The molecule has 1 fully saturated rings. The molecule has 0 atom stereocenters. The van der Waals surface area contributed by atoms with E-state index < -0.39 is 15.9 Å². The number of thiophene rings is 1. The number of nitrogens with zero attached hydrogens (tertiary/aromatic N) is 4. The third-order valence-corrected chi connectivity index (χ3v) is 5.80. The molecule has 0 bridgehead atoms. The summed E-state index contributed by atoms with van der Waals surface area (Å²) in [6.07, 6.45) is 2.66. The van der Waals surface area contributed by atoms with Gasteiger partial charge in [-0.25, -0.2) is 23.1 Å². The van der Waals surface area contributed by atoms with Gasteiger partial charge in [-0.2, -0.15) is 0 Å². The van der Waals surface area contributed by atoms with E-state index in [2.05, 4.69) is 24.5 Å². The van der Waals surface area contributed by atoms with Gasteiger partial charge in [-0.1, -0.05) is 0 Å². The number of aromatic nitrogens is 2. The van der Waals surface area contributed by atoms with E-state index in [0.717, 1.165) is 48.5 Å². The molecule has 0 aromatic carbocycles. The second kappa shape index (κ2) is 7.20. The van der Waals surface area contributed by atoms with Crippen LogP contribution in [0.15, 0.2) is 12.4 Å². The van der Waals surface area contributed by atoms with Gasteiger partial charge in [0.1, 0.15) is 17.0 Å². The molecule has 0 spiro atoms. The van der Waals surface area contributed by atoms with Crippen LogP contribution in [0, 0.1) is 0 Å². The van der Waals surface area contributed by atoms with Crippen LogP contribution in [-0.4, -0.2) is 74.7 Å². The third-order valence-electron chi connectivity index (χ3n) is 4.02. The molecular formula is C14H20N6O3S2. The second-order valence-electron chi connectivity index (χ2n) is 5.89. The van der Waals surface area contributed by atoms with E-state index in [4.69, 9.17) is 5.73 Å². The number of hydrogen-bond acceptors (Lipinski definition) is 8. The summed E-state index contributed by atoms with van der Waals surface area (Å²) in [6, 6.07) is 1.75. The van der Waals surface area contributed by atoms with Gasteiger partial charge in [0.2, 0.25) is 10.0 Å². The first-order valence-corrected chi connectivity index (χ1v) is 10.5. The van der Waals surface area contributed by atoms with Gasteiger partial charge in [-0.15, -0.1) is 11.3 Å². The molecule has 0 saturated carbocycles. The van der Waals surface area contributed by atoms with E-state index in [1.165, 1.54) is 17.7 Å². The maximum absolute atomic E-state index is 11.4. The van der Waals surface area contributed by atoms with Crippen LogP contribution >= 0.6 is 11.3 Å². The molecule has 1 aliphatic rings. The zero-order valence-electron chi connectivity index (χ0n) is 13.8. The van der Waals surface area contributed by atoms with Gasteiger partial charge >= 0.3 is 0 Å². The van der Waals surface area contributed by atoms with Crippen molar-refractivity contribution in [2.75, 3.05) is 50.4 Å². The topological polar surface area (TPSA) is 122 Å². The minimum atomic E-state index is -3.15. The predicted molar refractivity (Wildman–Crippen MR) is 97.4 cm³/mol. The number of piperazine rings is 1. The predicted octanol–water partition coefficient (Wildman–Crippen LogP) is -0.539. The molecule has 9 nitrogen and oxygen atoms in total. The summed E-state index contributed by atoms with van der Waals surface area (Å²) in [7, 11) is -3.15. The zero-order chi connectivity index (χ0) is 18.0. The van der Waals surface area contributed by atoms with Crippen molar-refractivity contribution >= 4 is 43.3 Å². The number of anilines is 1. The number of amides is 1. The number of carbonyl (C=O) groups excluding carboxylic acids is 1. The Kier molecular flexibility index (Phi) is 5.18. The summed E-state index contributed by atoms with van der Waals surface area (Å²) < 4.78 is 24.7. The van der Waals surface area contributed by atoms with Crippen LogP contribution in [0.1, 0.15) is 9.67 Å². The summed E-state index contributed by atoms with van der Waals surface area (Å²) in [6.45, 7) is 4.24. The van der Waals surface area contributed by atoms with Gasteiger partial charge < -0.3 is 10.6 Å². The normalized spacial score (nSPS) is 16.4. The monoisotopic (exact) mass is 384 g/mol. The lowest BCUT2D eigenvalue weighted by Crippen LogP contribution is -2.48. The summed E-state index contributed by atoms with van der Waals surface area (Å²) in [5.41, 5.74) is 5.36. The largest absolute Gasteiger partial charge is 0.365 e. The number of nitrogens with two attached hydrogens (primary N) is 1. The number of fused-ring (bicyclic) bond motifs is 1. The fourth-order valence-corrected chi connectivity index (χ4v) is 4.10. The molecule has 1 aliphatic heterocycles. The molecule has 2 aromatic heterocycles. The van der Waals surface area contributed by atoms with Crippen molar-refractivity contribution in [3.8, 4) is 0 Å². The first kappa shape index (κ1) is 18.0. The maximum atomic E-state index is 11.4. The molecule has 136 valence electrons. The van der Waals surface area contributed by atoms with E-state index in [9.17, 15) is 13.2 Å². The molecule has 1 saturated heterocycles. The van der Waals surface area contributed by atoms with Crippen LogP contribution in [0.2, 0.25) is 0 Å². The Labute approximate surface area is 149 Å². The summed E-state index contributed by atoms with van der Waals surface area (Å²) >= 11 is 1.27. The average Bonchev–Trinajstić information content (AvgIpc) is 2.99. The Bertz CT molecular complexity index is 874. The van der Waals surface area contributed by atoms with E-state index >= 15 is 0 Å². The van der Waals surface area contributed by atoms with Gasteiger partial charge in [0, 0.05) is 39.3 Å². The Hall–Kier alpha value is -1.82. The van der Waals surface area contributed by atoms with Crippen molar-refractivity contribution in [1.29, 1.82) is 0 Å². The van der Waals surface area contributed by atoms with Gasteiger partial charge in [-0.05, 0) is 6.07 Å². The third kappa shape index (κ3) is 4.42.